The Morgan fingerprint density at radius 2 is 1.91 bits per heavy atom. The molecular formula is C18H21ClN2O2. The zero-order chi connectivity index (χ0) is 16.4. The van der Waals surface area contributed by atoms with Gasteiger partial charge in [0.2, 0.25) is 5.91 Å². The number of benzene rings is 1. The third-order valence-electron chi connectivity index (χ3n) is 4.17. The first kappa shape index (κ1) is 15.9. The molecule has 0 spiro atoms. The van der Waals surface area contributed by atoms with Crippen LogP contribution in [0.5, 0.6) is 0 Å². The summed E-state index contributed by atoms with van der Waals surface area (Å²) in [6.45, 7) is 7.02. The lowest BCUT2D eigenvalue weighted by molar-refractivity contribution is -0.134. The Hall–Kier alpha value is -1.94. The molecule has 1 aliphatic rings. The maximum Gasteiger partial charge on any atom is 0.225 e. The second-order valence-corrected chi connectivity index (χ2v) is 6.54. The Morgan fingerprint density at radius 1 is 1.17 bits per heavy atom. The van der Waals surface area contributed by atoms with Crippen molar-refractivity contribution in [2.75, 3.05) is 31.1 Å². The van der Waals surface area contributed by atoms with Crippen LogP contribution in [0.1, 0.15) is 13.8 Å². The smallest absolute Gasteiger partial charge is 0.225 e. The van der Waals surface area contributed by atoms with E-state index in [2.05, 4.69) is 4.90 Å². The van der Waals surface area contributed by atoms with Crippen molar-refractivity contribution in [2.24, 2.45) is 5.92 Å². The van der Waals surface area contributed by atoms with Gasteiger partial charge < -0.3 is 14.2 Å². The Labute approximate surface area is 141 Å². The molecule has 4 nitrogen and oxygen atoms in total. The quantitative estimate of drug-likeness (QED) is 0.855. The molecule has 5 heteroatoms. The highest BCUT2D eigenvalue weighted by Gasteiger charge is 2.24. The first-order valence-corrected chi connectivity index (χ1v) is 8.31. The van der Waals surface area contributed by atoms with Crippen LogP contribution in [-0.2, 0) is 4.79 Å². The minimum atomic E-state index is 0.0516. The topological polar surface area (TPSA) is 36.7 Å². The Balaban J connectivity index is 1.80. The molecule has 0 atom stereocenters. The van der Waals surface area contributed by atoms with E-state index >= 15 is 0 Å². The Morgan fingerprint density at radius 3 is 2.52 bits per heavy atom. The van der Waals surface area contributed by atoms with Gasteiger partial charge in [0.25, 0.3) is 0 Å². The van der Waals surface area contributed by atoms with Crippen LogP contribution in [0.3, 0.4) is 0 Å². The highest BCUT2D eigenvalue weighted by molar-refractivity contribution is 6.31. The number of carbonyl (C=O) groups excluding carboxylic acids is 1. The molecule has 0 bridgehead atoms. The average Bonchev–Trinajstić information content (AvgIpc) is 3.08. The number of hydrogen-bond donors (Lipinski definition) is 0. The largest absolute Gasteiger partial charge is 0.464 e. The SMILES string of the molecule is CC(C)C(=O)N1CCN(c2ccc(Cl)cc2-c2ccco2)CC1. The van der Waals surface area contributed by atoms with Gasteiger partial charge in [0.05, 0.1) is 6.26 Å². The molecule has 0 N–H and O–H groups in total. The maximum atomic E-state index is 12.1. The molecule has 1 aromatic carbocycles. The van der Waals surface area contributed by atoms with Crippen molar-refractivity contribution in [3.8, 4) is 11.3 Å². The minimum Gasteiger partial charge on any atom is -0.464 e. The number of amides is 1. The lowest BCUT2D eigenvalue weighted by Crippen LogP contribution is -2.50. The lowest BCUT2D eigenvalue weighted by Gasteiger charge is -2.37. The van der Waals surface area contributed by atoms with E-state index in [9.17, 15) is 4.79 Å². The van der Waals surface area contributed by atoms with E-state index in [0.717, 1.165) is 43.2 Å². The normalized spacial score (nSPS) is 15.3. The molecule has 1 aliphatic heterocycles. The number of hydrogen-bond acceptors (Lipinski definition) is 3. The molecule has 0 saturated carbocycles. The second kappa shape index (κ2) is 6.67. The Bertz CT molecular complexity index is 674. The fraction of sp³-hybridized carbons (Fsp3) is 0.389. The standard InChI is InChI=1S/C18H21ClN2O2/c1-13(2)18(22)21-9-7-20(8-10-21)16-6-5-14(19)12-15(16)17-4-3-11-23-17/h3-6,11-13H,7-10H2,1-2H3. The van der Waals surface area contributed by atoms with Gasteiger partial charge in [0.15, 0.2) is 0 Å². The number of rotatable bonds is 3. The predicted molar refractivity (Wildman–Crippen MR) is 92.8 cm³/mol. The minimum absolute atomic E-state index is 0.0516. The highest BCUT2D eigenvalue weighted by Crippen LogP contribution is 2.34. The molecule has 0 unspecified atom stereocenters. The van der Waals surface area contributed by atoms with Crippen LogP contribution in [-0.4, -0.2) is 37.0 Å². The van der Waals surface area contributed by atoms with E-state index in [1.807, 2.05) is 49.1 Å². The molecule has 2 heterocycles. The van der Waals surface area contributed by atoms with E-state index in [0.29, 0.717) is 5.02 Å². The van der Waals surface area contributed by atoms with Crippen LogP contribution in [0, 0.1) is 5.92 Å². The molecule has 2 aromatic rings. The summed E-state index contributed by atoms with van der Waals surface area (Å²) in [6.07, 6.45) is 1.67. The molecule has 3 rings (SSSR count). The van der Waals surface area contributed by atoms with Gasteiger partial charge in [-0.05, 0) is 30.3 Å². The van der Waals surface area contributed by atoms with Gasteiger partial charge in [-0.1, -0.05) is 25.4 Å². The van der Waals surface area contributed by atoms with Gasteiger partial charge >= 0.3 is 0 Å². The maximum absolute atomic E-state index is 12.1. The summed E-state index contributed by atoms with van der Waals surface area (Å²) in [7, 11) is 0. The molecule has 1 aromatic heterocycles. The molecule has 1 saturated heterocycles. The van der Waals surface area contributed by atoms with Gasteiger partial charge in [-0.3, -0.25) is 4.79 Å². The van der Waals surface area contributed by atoms with Crippen LogP contribution in [0.25, 0.3) is 11.3 Å². The average molecular weight is 333 g/mol. The first-order valence-electron chi connectivity index (χ1n) is 7.93. The summed E-state index contributed by atoms with van der Waals surface area (Å²) >= 11 is 6.16. The summed E-state index contributed by atoms with van der Waals surface area (Å²) in [5, 5.41) is 0.689. The van der Waals surface area contributed by atoms with Gasteiger partial charge in [-0.2, -0.15) is 0 Å². The summed E-state index contributed by atoms with van der Waals surface area (Å²) in [5.74, 6) is 1.09. The van der Waals surface area contributed by atoms with Crippen LogP contribution in [0.2, 0.25) is 5.02 Å². The van der Waals surface area contributed by atoms with Gasteiger partial charge in [-0.15, -0.1) is 0 Å². The van der Waals surface area contributed by atoms with Crippen molar-refractivity contribution in [1.82, 2.24) is 4.90 Å². The van der Waals surface area contributed by atoms with Crippen molar-refractivity contribution < 1.29 is 9.21 Å². The number of piperazine rings is 1. The Kier molecular flexibility index (Phi) is 4.62. The molecule has 23 heavy (non-hydrogen) atoms. The first-order chi connectivity index (χ1) is 11.1. The van der Waals surface area contributed by atoms with Crippen LogP contribution in [0.15, 0.2) is 41.0 Å². The van der Waals surface area contributed by atoms with Crippen molar-refractivity contribution in [3.63, 3.8) is 0 Å². The fourth-order valence-electron chi connectivity index (χ4n) is 2.95. The predicted octanol–water partition coefficient (Wildman–Crippen LogP) is 3.90. The third kappa shape index (κ3) is 3.37. The molecule has 0 aliphatic carbocycles. The lowest BCUT2D eigenvalue weighted by atomic mass is 10.1. The van der Waals surface area contributed by atoms with E-state index in [-0.39, 0.29) is 11.8 Å². The zero-order valence-corrected chi connectivity index (χ0v) is 14.2. The fourth-order valence-corrected chi connectivity index (χ4v) is 3.12. The molecular weight excluding hydrogens is 312 g/mol. The summed E-state index contributed by atoms with van der Waals surface area (Å²) in [5.41, 5.74) is 2.09. The third-order valence-corrected chi connectivity index (χ3v) is 4.41. The number of furan rings is 1. The molecule has 1 amide bonds. The van der Waals surface area contributed by atoms with Gasteiger partial charge in [0, 0.05) is 48.4 Å². The number of anilines is 1. The van der Waals surface area contributed by atoms with Crippen molar-refractivity contribution in [3.05, 3.63) is 41.6 Å². The van der Waals surface area contributed by atoms with Crippen LogP contribution >= 0.6 is 11.6 Å². The summed E-state index contributed by atoms with van der Waals surface area (Å²) in [6, 6.07) is 9.67. The van der Waals surface area contributed by atoms with Gasteiger partial charge in [0.1, 0.15) is 5.76 Å². The monoisotopic (exact) mass is 332 g/mol. The van der Waals surface area contributed by atoms with Crippen molar-refractivity contribution in [2.45, 2.75) is 13.8 Å². The van der Waals surface area contributed by atoms with E-state index < -0.39 is 0 Å². The van der Waals surface area contributed by atoms with Crippen LogP contribution < -0.4 is 4.90 Å². The number of halogens is 1. The summed E-state index contributed by atoms with van der Waals surface area (Å²) in [4.78, 5) is 16.4. The molecule has 122 valence electrons. The molecule has 1 fully saturated rings. The van der Waals surface area contributed by atoms with Gasteiger partial charge in [-0.25, -0.2) is 0 Å². The highest BCUT2D eigenvalue weighted by atomic mass is 35.5. The number of nitrogens with zero attached hydrogens (tertiary/aromatic N) is 2. The van der Waals surface area contributed by atoms with Crippen LogP contribution in [0.4, 0.5) is 5.69 Å². The number of carbonyl (C=O) groups is 1. The van der Waals surface area contributed by atoms with E-state index in [1.54, 1.807) is 6.26 Å². The summed E-state index contributed by atoms with van der Waals surface area (Å²) < 4.78 is 5.55. The van der Waals surface area contributed by atoms with Crippen molar-refractivity contribution in [1.29, 1.82) is 0 Å². The van der Waals surface area contributed by atoms with E-state index in [4.69, 9.17) is 16.0 Å². The van der Waals surface area contributed by atoms with E-state index in [1.165, 1.54) is 0 Å². The zero-order valence-electron chi connectivity index (χ0n) is 13.5. The molecule has 0 radical (unpaired) electrons. The second-order valence-electron chi connectivity index (χ2n) is 6.11. The van der Waals surface area contributed by atoms with Crippen molar-refractivity contribution >= 4 is 23.2 Å².